The van der Waals surface area contributed by atoms with Gasteiger partial charge in [-0.15, -0.1) is 0 Å². The van der Waals surface area contributed by atoms with E-state index in [9.17, 15) is 4.79 Å². The largest absolute Gasteiger partial charge is 0.347 e. The van der Waals surface area contributed by atoms with Crippen molar-refractivity contribution in [1.29, 1.82) is 0 Å². The Balaban J connectivity index is 1.38. The van der Waals surface area contributed by atoms with Crippen LogP contribution in [0.5, 0.6) is 0 Å². The fourth-order valence-corrected chi connectivity index (χ4v) is 6.74. The number of amides is 1. The van der Waals surface area contributed by atoms with E-state index in [1.54, 1.807) is 0 Å². The van der Waals surface area contributed by atoms with Crippen molar-refractivity contribution in [2.24, 2.45) is 13.0 Å². The third-order valence-corrected chi connectivity index (χ3v) is 7.97. The van der Waals surface area contributed by atoms with E-state index in [4.69, 9.17) is 0 Å². The summed E-state index contributed by atoms with van der Waals surface area (Å²) in [6.07, 6.45) is 4.31. The first kappa shape index (κ1) is 18.6. The molecule has 6 nitrogen and oxygen atoms in total. The molecule has 6 heteroatoms. The molecule has 4 saturated heterocycles. The number of hydrogen-bond acceptors (Lipinski definition) is 4. The van der Waals surface area contributed by atoms with Crippen LogP contribution in [0.15, 0.2) is 30.3 Å². The molecule has 0 radical (unpaired) electrons. The lowest BCUT2D eigenvalue weighted by atomic mass is 9.64. The molecule has 1 N–H and O–H groups in total. The predicted octanol–water partition coefficient (Wildman–Crippen LogP) is 1.60. The first-order valence-corrected chi connectivity index (χ1v) is 11.5. The van der Waals surface area contributed by atoms with E-state index in [1.807, 2.05) is 11.7 Å². The molecule has 4 aliphatic heterocycles. The Morgan fingerprint density at radius 2 is 1.77 bits per heavy atom. The number of rotatable bonds is 3. The summed E-state index contributed by atoms with van der Waals surface area (Å²) in [4.78, 5) is 18.9. The van der Waals surface area contributed by atoms with Crippen LogP contribution in [0, 0.1) is 5.92 Å². The molecule has 158 valence electrons. The first-order valence-electron chi connectivity index (χ1n) is 11.5. The molecular weight excluding hydrogens is 374 g/mol. The van der Waals surface area contributed by atoms with Gasteiger partial charge in [-0.3, -0.25) is 9.48 Å². The molecular formula is C24H31N5O. The highest BCUT2D eigenvalue weighted by atomic mass is 16.2. The molecule has 0 saturated carbocycles. The molecule has 1 amide bonds. The Kier molecular flexibility index (Phi) is 4.29. The highest BCUT2D eigenvalue weighted by Crippen LogP contribution is 2.43. The van der Waals surface area contributed by atoms with Crippen LogP contribution in [-0.4, -0.2) is 70.8 Å². The molecule has 2 aromatic rings. The molecule has 4 bridgehead atoms. The number of fused-ring (bicyclic) bond motifs is 2. The fraction of sp³-hybridized carbons (Fsp3) is 0.583. The van der Waals surface area contributed by atoms with Gasteiger partial charge in [0.1, 0.15) is 5.69 Å². The van der Waals surface area contributed by atoms with Crippen LogP contribution in [0.1, 0.15) is 40.2 Å². The minimum atomic E-state index is -0.0484. The van der Waals surface area contributed by atoms with Gasteiger partial charge < -0.3 is 15.1 Å². The zero-order valence-corrected chi connectivity index (χ0v) is 17.8. The number of hydrogen-bond donors (Lipinski definition) is 1. The molecule has 1 aromatic carbocycles. The van der Waals surface area contributed by atoms with E-state index in [2.05, 4.69) is 50.5 Å². The summed E-state index contributed by atoms with van der Waals surface area (Å²) in [5.74, 6) is 0.535. The molecule has 30 heavy (non-hydrogen) atoms. The highest BCUT2D eigenvalue weighted by Gasteiger charge is 2.55. The maximum atomic E-state index is 13.7. The molecule has 5 heterocycles. The average molecular weight is 406 g/mol. The van der Waals surface area contributed by atoms with Crippen LogP contribution in [0.3, 0.4) is 0 Å². The van der Waals surface area contributed by atoms with E-state index >= 15 is 0 Å². The van der Waals surface area contributed by atoms with Gasteiger partial charge in [0.15, 0.2) is 0 Å². The molecule has 7 rings (SSSR count). The lowest BCUT2D eigenvalue weighted by molar-refractivity contribution is 0.0178. The van der Waals surface area contributed by atoms with Crippen LogP contribution >= 0.6 is 0 Å². The van der Waals surface area contributed by atoms with Gasteiger partial charge in [0, 0.05) is 69.3 Å². The van der Waals surface area contributed by atoms with Crippen molar-refractivity contribution >= 4 is 5.91 Å². The first-order chi connectivity index (χ1) is 14.6. The number of aromatic nitrogens is 2. The van der Waals surface area contributed by atoms with Gasteiger partial charge in [-0.25, -0.2) is 0 Å². The number of carbonyl (C=O) groups is 1. The van der Waals surface area contributed by atoms with Crippen molar-refractivity contribution < 1.29 is 4.79 Å². The quantitative estimate of drug-likeness (QED) is 0.843. The van der Waals surface area contributed by atoms with Gasteiger partial charge in [0.05, 0.1) is 5.69 Å². The summed E-state index contributed by atoms with van der Waals surface area (Å²) >= 11 is 0. The summed E-state index contributed by atoms with van der Waals surface area (Å²) in [6, 6.07) is 11.1. The van der Waals surface area contributed by atoms with Crippen LogP contribution in [0.4, 0.5) is 0 Å². The zero-order valence-electron chi connectivity index (χ0n) is 17.8. The van der Waals surface area contributed by atoms with Crippen molar-refractivity contribution in [3.63, 3.8) is 0 Å². The maximum Gasteiger partial charge on any atom is 0.270 e. The maximum absolute atomic E-state index is 13.7. The van der Waals surface area contributed by atoms with Gasteiger partial charge in [-0.2, -0.15) is 5.10 Å². The van der Waals surface area contributed by atoms with Crippen molar-refractivity contribution in [2.75, 3.05) is 39.3 Å². The number of benzene rings is 1. The number of aryl methyl sites for hydroxylation is 2. The predicted molar refractivity (Wildman–Crippen MR) is 116 cm³/mol. The van der Waals surface area contributed by atoms with Gasteiger partial charge >= 0.3 is 0 Å². The SMILES string of the molecule is Cn1nc2c(c1C(=O)N[C@H]1C3CN4CCN(C3)CC1(c1ccccc1)C4)CCCC2. The monoisotopic (exact) mass is 405 g/mol. The Morgan fingerprint density at radius 1 is 1.07 bits per heavy atom. The normalized spacial score (nSPS) is 34.4. The third-order valence-electron chi connectivity index (χ3n) is 7.97. The number of piperidine rings is 2. The topological polar surface area (TPSA) is 53.4 Å². The number of carbonyl (C=O) groups excluding carboxylic acids is 1. The van der Waals surface area contributed by atoms with E-state index in [1.165, 1.54) is 17.5 Å². The summed E-state index contributed by atoms with van der Waals surface area (Å²) < 4.78 is 1.83. The lowest BCUT2D eigenvalue weighted by Crippen LogP contribution is -2.70. The second-order valence-electron chi connectivity index (χ2n) is 9.81. The van der Waals surface area contributed by atoms with Crippen LogP contribution in [0.25, 0.3) is 0 Å². The molecule has 5 aliphatic rings. The summed E-state index contributed by atoms with van der Waals surface area (Å²) in [6.45, 7) is 6.50. The van der Waals surface area contributed by atoms with Gasteiger partial charge in [0.25, 0.3) is 5.91 Å². The molecule has 2 unspecified atom stereocenters. The standard InChI is InChI=1S/C24H31N5O/c1-27-21(19-9-5-6-10-20(19)26-27)23(30)25-22-17-13-28-11-12-29(14-17)16-24(22,15-28)18-7-3-2-4-8-18/h2-4,7-8,17,22H,5-6,9-16H2,1H3,(H,25,30)/t17?,22-,24?/m0/s1. The van der Waals surface area contributed by atoms with Crippen LogP contribution < -0.4 is 5.32 Å². The number of nitrogens with zero attached hydrogens (tertiary/aromatic N) is 4. The summed E-state index contributed by atoms with van der Waals surface area (Å²) in [5.41, 5.74) is 4.42. The van der Waals surface area contributed by atoms with Crippen molar-refractivity contribution in [3.8, 4) is 0 Å². The summed E-state index contributed by atoms with van der Waals surface area (Å²) in [5, 5.41) is 8.26. The second-order valence-corrected chi connectivity index (χ2v) is 9.81. The molecule has 0 spiro atoms. The minimum absolute atomic E-state index is 0.0484. The van der Waals surface area contributed by atoms with Crippen molar-refractivity contribution in [1.82, 2.24) is 24.9 Å². The third kappa shape index (κ3) is 2.77. The smallest absolute Gasteiger partial charge is 0.270 e. The summed E-state index contributed by atoms with van der Waals surface area (Å²) in [7, 11) is 1.93. The van der Waals surface area contributed by atoms with Crippen LogP contribution in [-0.2, 0) is 25.3 Å². The number of nitrogens with one attached hydrogen (secondary N) is 1. The molecule has 4 fully saturated rings. The zero-order chi connectivity index (χ0) is 20.3. The Hall–Kier alpha value is -2.18. The second kappa shape index (κ2) is 6.92. The minimum Gasteiger partial charge on any atom is -0.347 e. The van der Waals surface area contributed by atoms with Crippen LogP contribution in [0.2, 0.25) is 0 Å². The van der Waals surface area contributed by atoms with E-state index in [0.29, 0.717) is 5.92 Å². The lowest BCUT2D eigenvalue weighted by Gasteiger charge is -2.55. The van der Waals surface area contributed by atoms with E-state index < -0.39 is 0 Å². The van der Waals surface area contributed by atoms with E-state index in [-0.39, 0.29) is 17.4 Å². The van der Waals surface area contributed by atoms with E-state index in [0.717, 1.165) is 69.9 Å². The van der Waals surface area contributed by atoms with Crippen molar-refractivity contribution in [3.05, 3.63) is 52.8 Å². The molecule has 1 aliphatic carbocycles. The van der Waals surface area contributed by atoms with Crippen molar-refractivity contribution in [2.45, 2.75) is 37.1 Å². The average Bonchev–Trinajstić information content (AvgIpc) is 2.89. The Bertz CT molecular complexity index is 951. The molecule has 3 atom stereocenters. The van der Waals surface area contributed by atoms with Gasteiger partial charge in [0.2, 0.25) is 0 Å². The molecule has 1 aromatic heterocycles. The van der Waals surface area contributed by atoms with Gasteiger partial charge in [-0.05, 0) is 31.2 Å². The fourth-order valence-electron chi connectivity index (χ4n) is 6.74. The highest BCUT2D eigenvalue weighted by molar-refractivity contribution is 5.94. The Labute approximate surface area is 178 Å². The Morgan fingerprint density at radius 3 is 2.50 bits per heavy atom. The van der Waals surface area contributed by atoms with Gasteiger partial charge in [-0.1, -0.05) is 30.3 Å².